The Bertz CT molecular complexity index is 333. The number of rotatable bonds is 1. The summed E-state index contributed by atoms with van der Waals surface area (Å²) in [6, 6.07) is 8.49. The molecule has 0 amide bonds. The van der Waals surface area contributed by atoms with Gasteiger partial charge in [0.15, 0.2) is 0 Å². The molecule has 1 aliphatic heterocycles. The summed E-state index contributed by atoms with van der Waals surface area (Å²) in [4.78, 5) is 2.31. The summed E-state index contributed by atoms with van der Waals surface area (Å²) in [5.41, 5.74) is 2.64. The van der Waals surface area contributed by atoms with Gasteiger partial charge in [0.25, 0.3) is 0 Å². The van der Waals surface area contributed by atoms with Gasteiger partial charge in [0.2, 0.25) is 0 Å². The molecule has 0 aliphatic carbocycles. The highest BCUT2D eigenvalue weighted by Crippen LogP contribution is 2.30. The van der Waals surface area contributed by atoms with Crippen LogP contribution in [0.2, 0.25) is 0 Å². The monoisotopic (exact) mass is 191 g/mol. The van der Waals surface area contributed by atoms with Crippen LogP contribution in [0.15, 0.2) is 30.3 Å². The summed E-state index contributed by atoms with van der Waals surface area (Å²) < 4.78 is 0. The van der Waals surface area contributed by atoms with Gasteiger partial charge in [0, 0.05) is 12.7 Å². The van der Waals surface area contributed by atoms with Gasteiger partial charge in [0.1, 0.15) is 0 Å². The number of thioether (sulfide) groups is 1. The smallest absolute Gasteiger partial charge is 0.0933 e. The molecule has 1 aromatic rings. The Morgan fingerprint density at radius 2 is 2.08 bits per heavy atom. The molecule has 68 valence electrons. The second kappa shape index (κ2) is 3.46. The minimum absolute atomic E-state index is 0.481. The van der Waals surface area contributed by atoms with Crippen molar-refractivity contribution in [2.45, 2.75) is 5.37 Å². The summed E-state index contributed by atoms with van der Waals surface area (Å²) in [6.45, 7) is 0. The highest BCUT2D eigenvalue weighted by molar-refractivity contribution is 7.99. The van der Waals surface area contributed by atoms with Gasteiger partial charge in [0.05, 0.1) is 5.37 Å². The molecular weight excluding hydrogens is 178 g/mol. The van der Waals surface area contributed by atoms with Crippen molar-refractivity contribution in [1.82, 2.24) is 0 Å². The molecular formula is C11H13NS. The van der Waals surface area contributed by atoms with Crippen LogP contribution in [0.25, 0.3) is 6.08 Å². The van der Waals surface area contributed by atoms with E-state index in [4.69, 9.17) is 0 Å². The van der Waals surface area contributed by atoms with Gasteiger partial charge in [-0.1, -0.05) is 30.4 Å². The molecule has 1 aromatic carbocycles. The molecule has 1 nitrogen and oxygen atoms in total. The molecule has 0 aromatic heterocycles. The fourth-order valence-corrected chi connectivity index (χ4v) is 2.30. The molecule has 1 unspecified atom stereocenters. The quantitative estimate of drug-likeness (QED) is 0.671. The molecule has 2 heteroatoms. The number of hydrogen-bond acceptors (Lipinski definition) is 2. The zero-order valence-corrected chi connectivity index (χ0v) is 8.71. The minimum atomic E-state index is 0.481. The van der Waals surface area contributed by atoms with E-state index in [1.54, 1.807) is 0 Å². The van der Waals surface area contributed by atoms with Crippen LogP contribution >= 0.6 is 11.8 Å². The van der Waals surface area contributed by atoms with Crippen molar-refractivity contribution in [3.63, 3.8) is 0 Å². The van der Waals surface area contributed by atoms with Gasteiger partial charge in [-0.3, -0.25) is 0 Å². The second-order valence-corrected chi connectivity index (χ2v) is 4.11. The summed E-state index contributed by atoms with van der Waals surface area (Å²) in [5, 5.41) is 0.481. The van der Waals surface area contributed by atoms with E-state index in [2.05, 4.69) is 54.6 Å². The van der Waals surface area contributed by atoms with Crippen LogP contribution in [0, 0.1) is 0 Å². The van der Waals surface area contributed by atoms with Gasteiger partial charge < -0.3 is 4.90 Å². The maximum absolute atomic E-state index is 2.31. The lowest BCUT2D eigenvalue weighted by Crippen LogP contribution is -2.29. The number of likely N-dealkylation sites (N-methyl/N-ethyl adjacent to an activating group) is 1. The summed E-state index contributed by atoms with van der Waals surface area (Å²) in [7, 11) is 2.14. The third kappa shape index (κ3) is 1.46. The van der Waals surface area contributed by atoms with Crippen LogP contribution < -0.4 is 4.90 Å². The van der Waals surface area contributed by atoms with Gasteiger partial charge in [-0.15, -0.1) is 11.8 Å². The molecule has 0 saturated carbocycles. The first-order valence-corrected chi connectivity index (χ1v) is 5.64. The number of hydrogen-bond donors (Lipinski definition) is 0. The average molecular weight is 191 g/mol. The van der Waals surface area contributed by atoms with E-state index in [1.165, 1.54) is 11.3 Å². The average Bonchev–Trinajstić information content (AvgIpc) is 2.19. The first-order valence-electron chi connectivity index (χ1n) is 4.36. The number of para-hydroxylation sites is 1. The first kappa shape index (κ1) is 8.70. The normalized spacial score (nSPS) is 20.2. The Kier molecular flexibility index (Phi) is 2.32. The number of fused-ring (bicyclic) bond motifs is 1. The predicted octanol–water partition coefficient (Wildman–Crippen LogP) is 2.84. The predicted molar refractivity (Wildman–Crippen MR) is 61.2 cm³/mol. The molecule has 1 heterocycles. The first-order chi connectivity index (χ1) is 6.33. The van der Waals surface area contributed by atoms with Crippen LogP contribution in [0.4, 0.5) is 5.69 Å². The topological polar surface area (TPSA) is 3.24 Å². The van der Waals surface area contributed by atoms with Crippen molar-refractivity contribution in [1.29, 1.82) is 0 Å². The lowest BCUT2D eigenvalue weighted by Gasteiger charge is -2.30. The van der Waals surface area contributed by atoms with Crippen LogP contribution in [-0.2, 0) is 0 Å². The van der Waals surface area contributed by atoms with Crippen LogP contribution in [0.1, 0.15) is 5.56 Å². The van der Waals surface area contributed by atoms with E-state index in [9.17, 15) is 0 Å². The van der Waals surface area contributed by atoms with Crippen LogP contribution in [0.5, 0.6) is 0 Å². The Morgan fingerprint density at radius 1 is 1.31 bits per heavy atom. The summed E-state index contributed by atoms with van der Waals surface area (Å²) in [6.07, 6.45) is 6.59. The molecule has 0 N–H and O–H groups in total. The minimum Gasteiger partial charge on any atom is -0.359 e. The fraction of sp³-hybridized carbons (Fsp3) is 0.273. The van der Waals surface area contributed by atoms with E-state index >= 15 is 0 Å². The van der Waals surface area contributed by atoms with Crippen molar-refractivity contribution in [3.05, 3.63) is 35.9 Å². The Hall–Kier alpha value is -0.890. The molecule has 2 rings (SSSR count). The van der Waals surface area contributed by atoms with Crippen molar-refractivity contribution in [2.75, 3.05) is 18.2 Å². The highest BCUT2D eigenvalue weighted by atomic mass is 32.2. The molecule has 0 radical (unpaired) electrons. The van der Waals surface area contributed by atoms with Gasteiger partial charge >= 0.3 is 0 Å². The van der Waals surface area contributed by atoms with E-state index < -0.39 is 0 Å². The molecule has 1 aliphatic rings. The van der Waals surface area contributed by atoms with E-state index in [-0.39, 0.29) is 0 Å². The third-order valence-corrected chi connectivity index (χ3v) is 3.34. The summed E-state index contributed by atoms with van der Waals surface area (Å²) in [5.74, 6) is 0. The SMILES string of the molecule is CSC1C=Cc2ccccc2N1C. The molecule has 1 atom stereocenters. The molecule has 0 fully saturated rings. The standard InChI is InChI=1S/C11H13NS/c1-12-10-6-4-3-5-9(10)7-8-11(12)13-2/h3-8,11H,1-2H3. The zero-order valence-electron chi connectivity index (χ0n) is 7.90. The van der Waals surface area contributed by atoms with Crippen LogP contribution in [-0.4, -0.2) is 18.7 Å². The number of anilines is 1. The van der Waals surface area contributed by atoms with Gasteiger partial charge in [-0.25, -0.2) is 0 Å². The lowest BCUT2D eigenvalue weighted by molar-refractivity contribution is 0.968. The number of benzene rings is 1. The Balaban J connectivity index is 2.42. The van der Waals surface area contributed by atoms with E-state index in [1.807, 2.05) is 11.8 Å². The van der Waals surface area contributed by atoms with Crippen LogP contribution in [0.3, 0.4) is 0 Å². The highest BCUT2D eigenvalue weighted by Gasteiger charge is 2.16. The maximum atomic E-state index is 2.31. The van der Waals surface area contributed by atoms with Crippen molar-refractivity contribution in [3.8, 4) is 0 Å². The lowest BCUT2D eigenvalue weighted by atomic mass is 10.1. The van der Waals surface area contributed by atoms with Crippen molar-refractivity contribution >= 4 is 23.5 Å². The van der Waals surface area contributed by atoms with E-state index in [0.29, 0.717) is 5.37 Å². The van der Waals surface area contributed by atoms with Crippen molar-refractivity contribution in [2.24, 2.45) is 0 Å². The van der Waals surface area contributed by atoms with Gasteiger partial charge in [-0.2, -0.15) is 0 Å². The Morgan fingerprint density at radius 3 is 2.85 bits per heavy atom. The van der Waals surface area contributed by atoms with Crippen molar-refractivity contribution < 1.29 is 0 Å². The van der Waals surface area contributed by atoms with E-state index in [0.717, 1.165) is 0 Å². The summed E-state index contributed by atoms with van der Waals surface area (Å²) >= 11 is 1.86. The number of nitrogens with zero attached hydrogens (tertiary/aromatic N) is 1. The largest absolute Gasteiger partial charge is 0.359 e. The molecule has 13 heavy (non-hydrogen) atoms. The Labute approximate surface area is 83.4 Å². The molecule has 0 spiro atoms. The maximum Gasteiger partial charge on any atom is 0.0933 e. The zero-order chi connectivity index (χ0) is 9.26. The second-order valence-electron chi connectivity index (χ2n) is 3.16. The van der Waals surface area contributed by atoms with Gasteiger partial charge in [-0.05, 0) is 17.9 Å². The molecule has 0 saturated heterocycles. The third-order valence-electron chi connectivity index (χ3n) is 2.38. The molecule has 0 bridgehead atoms. The fourth-order valence-electron chi connectivity index (χ4n) is 1.64.